The topological polar surface area (TPSA) is 47.6 Å². The first-order chi connectivity index (χ1) is 6.04. The Morgan fingerprint density at radius 3 is 2.54 bits per heavy atom. The van der Waals surface area contributed by atoms with Crippen molar-refractivity contribution in [3.05, 3.63) is 0 Å². The van der Waals surface area contributed by atoms with Crippen LogP contribution in [-0.2, 0) is 14.3 Å². The number of esters is 1. The van der Waals surface area contributed by atoms with Gasteiger partial charge in [-0.3, -0.25) is 4.79 Å². The number of nitrogens with one attached hydrogen (secondary N) is 1. The summed E-state index contributed by atoms with van der Waals surface area (Å²) in [6, 6.07) is 0. The minimum absolute atomic E-state index is 0.239. The highest BCUT2D eigenvalue weighted by molar-refractivity contribution is 5.75. The number of carbonyl (C=O) groups excluding carboxylic acids is 1. The molecule has 0 unspecified atom stereocenters. The lowest BCUT2D eigenvalue weighted by molar-refractivity contribution is -0.154. The van der Waals surface area contributed by atoms with E-state index < -0.39 is 5.41 Å². The Kier molecular flexibility index (Phi) is 5.66. The van der Waals surface area contributed by atoms with Gasteiger partial charge in [0.1, 0.15) is 0 Å². The average Bonchev–Trinajstić information content (AvgIpc) is 2.11. The maximum Gasteiger partial charge on any atom is 0.313 e. The van der Waals surface area contributed by atoms with Crippen molar-refractivity contribution < 1.29 is 14.3 Å². The van der Waals surface area contributed by atoms with Crippen molar-refractivity contribution in [3.8, 4) is 0 Å². The van der Waals surface area contributed by atoms with Gasteiger partial charge >= 0.3 is 5.97 Å². The third-order valence-electron chi connectivity index (χ3n) is 1.70. The Morgan fingerprint density at radius 2 is 2.08 bits per heavy atom. The minimum Gasteiger partial charge on any atom is -0.469 e. The molecule has 13 heavy (non-hydrogen) atoms. The number of hydrogen-bond donors (Lipinski definition) is 1. The quantitative estimate of drug-likeness (QED) is 0.486. The van der Waals surface area contributed by atoms with Gasteiger partial charge in [0.05, 0.1) is 25.7 Å². The molecule has 0 atom stereocenters. The molecular weight excluding hydrogens is 170 g/mol. The number of methoxy groups -OCH3 is 1. The molecule has 0 spiro atoms. The predicted molar refractivity (Wildman–Crippen MR) is 50.5 cm³/mol. The van der Waals surface area contributed by atoms with Crippen LogP contribution in [-0.4, -0.2) is 39.9 Å². The maximum absolute atomic E-state index is 11.2. The van der Waals surface area contributed by atoms with Crippen LogP contribution >= 0.6 is 0 Å². The molecule has 0 aromatic carbocycles. The summed E-state index contributed by atoms with van der Waals surface area (Å²) in [6.45, 7) is 5.39. The van der Waals surface area contributed by atoms with E-state index in [0.29, 0.717) is 13.2 Å². The van der Waals surface area contributed by atoms with E-state index in [1.165, 1.54) is 7.11 Å². The van der Waals surface area contributed by atoms with Crippen molar-refractivity contribution in [2.24, 2.45) is 5.41 Å². The van der Waals surface area contributed by atoms with Gasteiger partial charge in [-0.1, -0.05) is 0 Å². The van der Waals surface area contributed by atoms with E-state index in [2.05, 4.69) is 10.1 Å². The minimum atomic E-state index is -0.553. The van der Waals surface area contributed by atoms with Gasteiger partial charge in [0.25, 0.3) is 0 Å². The molecule has 0 rings (SSSR count). The van der Waals surface area contributed by atoms with Crippen LogP contribution in [0.5, 0.6) is 0 Å². The zero-order chi connectivity index (χ0) is 10.3. The van der Waals surface area contributed by atoms with Crippen molar-refractivity contribution in [3.63, 3.8) is 0 Å². The first-order valence-electron chi connectivity index (χ1n) is 4.35. The largest absolute Gasteiger partial charge is 0.469 e. The molecule has 0 aromatic rings. The molecule has 0 saturated heterocycles. The molecule has 1 N–H and O–H groups in total. The lowest BCUT2D eigenvalue weighted by Crippen LogP contribution is -2.31. The summed E-state index contributed by atoms with van der Waals surface area (Å²) in [5.74, 6) is -0.239. The fourth-order valence-corrected chi connectivity index (χ4v) is 0.837. The van der Waals surface area contributed by atoms with Crippen LogP contribution in [0.4, 0.5) is 0 Å². The van der Waals surface area contributed by atoms with E-state index >= 15 is 0 Å². The van der Waals surface area contributed by atoms with E-state index in [-0.39, 0.29) is 5.97 Å². The van der Waals surface area contributed by atoms with Crippen LogP contribution < -0.4 is 5.32 Å². The summed E-state index contributed by atoms with van der Waals surface area (Å²) in [4.78, 5) is 11.2. The van der Waals surface area contributed by atoms with E-state index in [1.54, 1.807) is 13.8 Å². The van der Waals surface area contributed by atoms with Crippen molar-refractivity contribution in [2.75, 3.05) is 33.9 Å². The fraction of sp³-hybridized carbons (Fsp3) is 0.889. The molecular formula is C9H19NO3. The van der Waals surface area contributed by atoms with E-state index in [1.807, 2.05) is 7.05 Å². The number of carbonyl (C=O) groups is 1. The van der Waals surface area contributed by atoms with Crippen LogP contribution in [0.15, 0.2) is 0 Å². The Balaban J connectivity index is 3.69. The summed E-state index contributed by atoms with van der Waals surface area (Å²) >= 11 is 0. The first kappa shape index (κ1) is 12.4. The Hall–Kier alpha value is -0.610. The highest BCUT2D eigenvalue weighted by Gasteiger charge is 2.28. The molecule has 78 valence electrons. The maximum atomic E-state index is 11.2. The monoisotopic (exact) mass is 189 g/mol. The van der Waals surface area contributed by atoms with Crippen LogP contribution in [0, 0.1) is 5.41 Å². The summed E-state index contributed by atoms with van der Waals surface area (Å²) in [5, 5.41) is 2.96. The van der Waals surface area contributed by atoms with Crippen LogP contribution in [0.2, 0.25) is 0 Å². The summed E-state index contributed by atoms with van der Waals surface area (Å²) < 4.78 is 9.94. The third kappa shape index (κ3) is 4.85. The van der Waals surface area contributed by atoms with Gasteiger partial charge in [0, 0.05) is 6.54 Å². The Bertz CT molecular complexity index is 157. The van der Waals surface area contributed by atoms with Gasteiger partial charge < -0.3 is 14.8 Å². The summed E-state index contributed by atoms with van der Waals surface area (Å²) in [6.07, 6.45) is 0. The SMILES string of the molecule is CNCCOCC(C)(C)C(=O)OC. The normalized spacial score (nSPS) is 11.4. The Morgan fingerprint density at radius 1 is 1.46 bits per heavy atom. The molecule has 0 amide bonds. The standard InChI is InChI=1S/C9H19NO3/c1-9(2,8(11)12-4)7-13-6-5-10-3/h10H,5-7H2,1-4H3. The van der Waals surface area contributed by atoms with Crippen LogP contribution in [0.25, 0.3) is 0 Å². The third-order valence-corrected chi connectivity index (χ3v) is 1.70. The summed E-state index contributed by atoms with van der Waals surface area (Å²) in [7, 11) is 3.24. The van der Waals surface area contributed by atoms with E-state index in [4.69, 9.17) is 4.74 Å². The van der Waals surface area contributed by atoms with Gasteiger partial charge in [-0.2, -0.15) is 0 Å². The second kappa shape index (κ2) is 5.94. The number of rotatable bonds is 6. The highest BCUT2D eigenvalue weighted by Crippen LogP contribution is 2.16. The highest BCUT2D eigenvalue weighted by atomic mass is 16.5. The average molecular weight is 189 g/mol. The zero-order valence-electron chi connectivity index (χ0n) is 8.85. The lowest BCUT2D eigenvalue weighted by atomic mass is 9.95. The predicted octanol–water partition coefficient (Wildman–Crippen LogP) is 0.422. The second-order valence-electron chi connectivity index (χ2n) is 3.53. The van der Waals surface area contributed by atoms with Gasteiger partial charge in [0.2, 0.25) is 0 Å². The first-order valence-corrected chi connectivity index (χ1v) is 4.35. The van der Waals surface area contributed by atoms with Gasteiger partial charge in [-0.25, -0.2) is 0 Å². The van der Waals surface area contributed by atoms with E-state index in [9.17, 15) is 4.79 Å². The van der Waals surface area contributed by atoms with Crippen molar-refractivity contribution in [1.82, 2.24) is 5.32 Å². The molecule has 0 aliphatic rings. The number of likely N-dealkylation sites (N-methyl/N-ethyl adjacent to an activating group) is 1. The van der Waals surface area contributed by atoms with Gasteiger partial charge in [-0.05, 0) is 20.9 Å². The fourth-order valence-electron chi connectivity index (χ4n) is 0.837. The molecule has 4 nitrogen and oxygen atoms in total. The second-order valence-corrected chi connectivity index (χ2v) is 3.53. The van der Waals surface area contributed by atoms with Crippen molar-refractivity contribution >= 4 is 5.97 Å². The van der Waals surface area contributed by atoms with Crippen molar-refractivity contribution in [1.29, 1.82) is 0 Å². The number of hydrogen-bond acceptors (Lipinski definition) is 4. The molecule has 0 fully saturated rings. The van der Waals surface area contributed by atoms with Crippen LogP contribution in [0.3, 0.4) is 0 Å². The van der Waals surface area contributed by atoms with Crippen LogP contribution in [0.1, 0.15) is 13.8 Å². The molecule has 0 aliphatic carbocycles. The molecule has 0 saturated carbocycles. The molecule has 0 radical (unpaired) electrons. The van der Waals surface area contributed by atoms with E-state index in [0.717, 1.165) is 6.54 Å². The number of ether oxygens (including phenoxy) is 2. The lowest BCUT2D eigenvalue weighted by Gasteiger charge is -2.20. The molecule has 0 aliphatic heterocycles. The van der Waals surface area contributed by atoms with Gasteiger partial charge in [0.15, 0.2) is 0 Å². The molecule has 4 heteroatoms. The Labute approximate surface area is 79.6 Å². The zero-order valence-corrected chi connectivity index (χ0v) is 8.85. The van der Waals surface area contributed by atoms with Gasteiger partial charge in [-0.15, -0.1) is 0 Å². The molecule has 0 heterocycles. The summed E-state index contributed by atoms with van der Waals surface area (Å²) in [5.41, 5.74) is -0.553. The smallest absolute Gasteiger partial charge is 0.313 e. The molecule has 0 bridgehead atoms. The molecule has 0 aromatic heterocycles. The van der Waals surface area contributed by atoms with Crippen molar-refractivity contribution in [2.45, 2.75) is 13.8 Å².